The molecular weight excluding hydrogens is 685 g/mol. The molecule has 0 unspecified atom stereocenters. The topological polar surface area (TPSA) is 122 Å². The van der Waals surface area contributed by atoms with E-state index in [2.05, 4.69) is 32.2 Å². The number of thioether (sulfide) groups is 1. The number of halogens is 2. The molecule has 2 N–H and O–H groups in total. The number of carbonyl (C=O) groups excluding carboxylic acids is 2. The molecule has 1 saturated heterocycles. The monoisotopic (exact) mass is 707 g/mol. The van der Waals surface area contributed by atoms with Crippen LogP contribution in [0, 0.1) is 5.82 Å². The third-order valence-electron chi connectivity index (χ3n) is 7.29. The molecule has 1 fully saturated rings. The number of hydrogen-bond donors (Lipinski definition) is 2. The minimum Gasteiger partial charge on any atom is -0.507 e. The van der Waals surface area contributed by atoms with Gasteiger partial charge in [0.05, 0.1) is 30.3 Å². The second-order valence-electron chi connectivity index (χ2n) is 9.85. The summed E-state index contributed by atoms with van der Waals surface area (Å²) in [4.78, 5) is 28.3. The summed E-state index contributed by atoms with van der Waals surface area (Å²) in [5.41, 5.74) is 1.07. The van der Waals surface area contributed by atoms with Crippen LogP contribution in [0.25, 0.3) is 16.5 Å². The molecule has 6 rings (SSSR count). The van der Waals surface area contributed by atoms with Gasteiger partial charge in [-0.05, 0) is 68.2 Å². The third-order valence-corrected chi connectivity index (χ3v) is 10.00. The molecule has 13 heteroatoms. The second kappa shape index (κ2) is 12.5. The van der Waals surface area contributed by atoms with Crippen molar-refractivity contribution in [2.75, 3.05) is 19.1 Å². The van der Waals surface area contributed by atoms with Crippen molar-refractivity contribution in [3.63, 3.8) is 0 Å². The van der Waals surface area contributed by atoms with Gasteiger partial charge in [-0.15, -0.1) is 10.2 Å². The van der Waals surface area contributed by atoms with Crippen molar-refractivity contribution in [2.24, 2.45) is 0 Å². The number of Topliss-reactive ketones (excluding diaryl/α,β-unsaturated/α-hetero) is 1. The van der Waals surface area contributed by atoms with Crippen molar-refractivity contribution in [2.45, 2.75) is 16.1 Å². The Morgan fingerprint density at radius 2 is 1.78 bits per heavy atom. The number of rotatable bonds is 8. The fraction of sp³-hybridized carbons (Fsp3) is 0.125. The predicted octanol–water partition coefficient (Wildman–Crippen LogP) is 7.23. The Morgan fingerprint density at radius 1 is 1.02 bits per heavy atom. The number of methoxy groups -OCH3 is 2. The lowest BCUT2D eigenvalue weighted by molar-refractivity contribution is -0.132. The molecule has 0 aliphatic carbocycles. The number of amides is 1. The van der Waals surface area contributed by atoms with E-state index in [0.717, 1.165) is 38.6 Å². The minimum absolute atomic E-state index is 0.0373. The molecule has 9 nitrogen and oxygen atoms in total. The van der Waals surface area contributed by atoms with Gasteiger partial charge in [-0.1, -0.05) is 65.6 Å². The fourth-order valence-electron chi connectivity index (χ4n) is 5.14. The molecule has 0 bridgehead atoms. The summed E-state index contributed by atoms with van der Waals surface area (Å²) in [6.45, 7) is 0. The van der Waals surface area contributed by atoms with E-state index in [1.807, 2.05) is 36.4 Å². The van der Waals surface area contributed by atoms with Crippen molar-refractivity contribution < 1.29 is 33.7 Å². The summed E-state index contributed by atoms with van der Waals surface area (Å²) in [7, 11) is 2.66. The zero-order valence-corrected chi connectivity index (χ0v) is 26.9. The molecule has 0 spiro atoms. The summed E-state index contributed by atoms with van der Waals surface area (Å²) in [5, 5.41) is 32.7. The number of aliphatic hydroxyl groups is 1. The van der Waals surface area contributed by atoms with Crippen LogP contribution in [0.2, 0.25) is 0 Å². The van der Waals surface area contributed by atoms with Crippen LogP contribution in [-0.4, -0.2) is 46.3 Å². The van der Waals surface area contributed by atoms with E-state index in [9.17, 15) is 24.2 Å². The van der Waals surface area contributed by atoms with Crippen LogP contribution in [-0.2, 0) is 15.3 Å². The van der Waals surface area contributed by atoms with Crippen LogP contribution in [0.4, 0.5) is 9.52 Å². The Hall–Kier alpha value is -4.46. The van der Waals surface area contributed by atoms with E-state index in [0.29, 0.717) is 15.7 Å². The van der Waals surface area contributed by atoms with Gasteiger partial charge in [0.2, 0.25) is 5.13 Å². The fourth-order valence-corrected chi connectivity index (χ4v) is 7.47. The molecule has 0 saturated carbocycles. The second-order valence-corrected chi connectivity index (χ2v) is 12.9. The van der Waals surface area contributed by atoms with Gasteiger partial charge < -0.3 is 19.7 Å². The molecular formula is C32H23BrFN3O6S2. The van der Waals surface area contributed by atoms with E-state index in [1.165, 1.54) is 50.2 Å². The highest BCUT2D eigenvalue weighted by Gasteiger charge is 2.49. The van der Waals surface area contributed by atoms with Gasteiger partial charge in [0, 0.05) is 11.3 Å². The van der Waals surface area contributed by atoms with Crippen molar-refractivity contribution in [3.8, 4) is 17.2 Å². The Kier molecular flexibility index (Phi) is 8.49. The molecule has 1 aliphatic heterocycles. The summed E-state index contributed by atoms with van der Waals surface area (Å²) < 4.78 is 25.7. The van der Waals surface area contributed by atoms with Crippen molar-refractivity contribution in [1.29, 1.82) is 0 Å². The van der Waals surface area contributed by atoms with Crippen molar-refractivity contribution >= 4 is 72.4 Å². The average Bonchev–Trinajstić information content (AvgIpc) is 3.62. The highest BCUT2D eigenvalue weighted by molar-refractivity contribution is 9.10. The number of benzene rings is 4. The molecule has 0 radical (unpaired) electrons. The van der Waals surface area contributed by atoms with Crippen LogP contribution < -0.4 is 14.4 Å². The molecule has 2 heterocycles. The van der Waals surface area contributed by atoms with E-state index >= 15 is 0 Å². The largest absolute Gasteiger partial charge is 0.507 e. The van der Waals surface area contributed by atoms with Gasteiger partial charge in [-0.2, -0.15) is 0 Å². The molecule has 1 aromatic heterocycles. The van der Waals surface area contributed by atoms with Gasteiger partial charge in [-0.25, -0.2) is 4.39 Å². The van der Waals surface area contributed by atoms with Gasteiger partial charge in [0.15, 0.2) is 27.4 Å². The summed E-state index contributed by atoms with van der Waals surface area (Å²) >= 11 is 5.84. The van der Waals surface area contributed by atoms with Gasteiger partial charge in [0.1, 0.15) is 5.76 Å². The first-order valence-corrected chi connectivity index (χ1v) is 16.0. The number of anilines is 1. The van der Waals surface area contributed by atoms with E-state index in [-0.39, 0.29) is 38.0 Å². The number of hydrogen-bond acceptors (Lipinski definition) is 10. The maximum absolute atomic E-state index is 14.6. The van der Waals surface area contributed by atoms with Gasteiger partial charge in [-0.3, -0.25) is 14.5 Å². The Bertz CT molecular complexity index is 2010. The maximum Gasteiger partial charge on any atom is 0.301 e. The van der Waals surface area contributed by atoms with E-state index in [4.69, 9.17) is 9.47 Å². The standard InChI is InChI=1S/C32H23BrFN3O6S2/c1-42-23-11-10-17(13-22(23)34)27(38)25-26(19-12-21(33)28(39)24(14-19)43-2)37(30(41)29(25)40)31-35-36-32(45-31)44-15-18-8-5-7-16-6-3-4-9-20(16)18/h3-14,26,38-39H,15H2,1-2H3/t26-/m0/s1. The number of ether oxygens (including phenoxy) is 2. The highest BCUT2D eigenvalue weighted by atomic mass is 79.9. The molecule has 1 amide bonds. The van der Waals surface area contributed by atoms with Crippen molar-refractivity contribution in [1.82, 2.24) is 10.2 Å². The highest BCUT2D eigenvalue weighted by Crippen LogP contribution is 2.47. The average molecular weight is 709 g/mol. The van der Waals surface area contributed by atoms with E-state index < -0.39 is 29.3 Å². The molecule has 4 aromatic carbocycles. The molecule has 45 heavy (non-hydrogen) atoms. The van der Waals surface area contributed by atoms with Crippen molar-refractivity contribution in [3.05, 3.63) is 105 Å². The zero-order chi connectivity index (χ0) is 31.8. The lowest BCUT2D eigenvalue weighted by Gasteiger charge is -2.23. The zero-order valence-electron chi connectivity index (χ0n) is 23.7. The van der Waals surface area contributed by atoms with Crippen LogP contribution >= 0.6 is 39.0 Å². The number of nitrogens with zero attached hydrogens (tertiary/aromatic N) is 3. The number of carbonyl (C=O) groups is 2. The number of aliphatic hydroxyl groups excluding tert-OH is 1. The summed E-state index contributed by atoms with van der Waals surface area (Å²) in [6.07, 6.45) is 0. The molecule has 228 valence electrons. The molecule has 5 aromatic rings. The SMILES string of the molecule is COc1ccc(C(O)=C2C(=O)C(=O)N(c3nnc(SCc4cccc5ccccc45)s3)[C@H]2c2cc(Br)c(O)c(OC)c2)cc1F. The lowest BCUT2D eigenvalue weighted by atomic mass is 9.95. The Balaban J connectivity index is 1.42. The van der Waals surface area contributed by atoms with Crippen LogP contribution in [0.15, 0.2) is 87.2 Å². The quantitative estimate of drug-likeness (QED) is 0.0565. The van der Waals surface area contributed by atoms with E-state index in [1.54, 1.807) is 0 Å². The molecule has 1 aliphatic rings. The number of phenolic OH excluding ortho intramolecular Hbond substituents is 1. The number of aromatic hydroxyl groups is 1. The van der Waals surface area contributed by atoms with Gasteiger partial charge >= 0.3 is 5.91 Å². The smallest absolute Gasteiger partial charge is 0.301 e. The summed E-state index contributed by atoms with van der Waals surface area (Å²) in [6, 6.07) is 19.5. The predicted molar refractivity (Wildman–Crippen MR) is 174 cm³/mol. The number of fused-ring (bicyclic) bond motifs is 1. The number of phenols is 1. The first-order chi connectivity index (χ1) is 21.7. The summed E-state index contributed by atoms with van der Waals surface area (Å²) in [5.74, 6) is -2.93. The van der Waals surface area contributed by atoms with Crippen LogP contribution in [0.3, 0.4) is 0 Å². The molecule has 1 atom stereocenters. The first-order valence-electron chi connectivity index (χ1n) is 13.4. The third kappa shape index (κ3) is 5.62. The first kappa shape index (κ1) is 30.6. The minimum atomic E-state index is -1.22. The van der Waals surface area contributed by atoms with Crippen LogP contribution in [0.5, 0.6) is 17.2 Å². The maximum atomic E-state index is 14.6. The number of ketones is 1. The lowest BCUT2D eigenvalue weighted by Crippen LogP contribution is -2.29. The normalized spacial score (nSPS) is 16.0. The Morgan fingerprint density at radius 3 is 2.53 bits per heavy atom. The number of aromatic nitrogens is 2. The van der Waals surface area contributed by atoms with Gasteiger partial charge in [0.25, 0.3) is 5.78 Å². The Labute approximate surface area is 273 Å². The van der Waals surface area contributed by atoms with Crippen LogP contribution in [0.1, 0.15) is 22.7 Å².